The van der Waals surface area contributed by atoms with Crippen molar-refractivity contribution in [3.63, 3.8) is 0 Å². The molecule has 4 heteroatoms. The number of ether oxygens (including phenoxy) is 1. The van der Waals surface area contributed by atoms with Gasteiger partial charge in [0, 0.05) is 12.8 Å². The number of carbonyl (C=O) groups excluding carboxylic acids is 1. The Balaban J connectivity index is 3.90. The van der Waals surface area contributed by atoms with Crippen LogP contribution in [0.3, 0.4) is 0 Å². The monoisotopic (exact) mass is 645 g/mol. The lowest BCUT2D eigenvalue weighted by Gasteiger charge is -2.18. The Morgan fingerprint density at radius 1 is 0.500 bits per heavy atom. The van der Waals surface area contributed by atoms with Gasteiger partial charge in [-0.25, -0.2) is 0 Å². The minimum atomic E-state index is -0.745. The van der Waals surface area contributed by atoms with Gasteiger partial charge in [0.15, 0.2) is 0 Å². The summed E-state index contributed by atoms with van der Waals surface area (Å²) in [6, 6.07) is 0. The van der Waals surface area contributed by atoms with Crippen molar-refractivity contribution in [1.29, 1.82) is 0 Å². The third kappa shape index (κ3) is 36.6. The second-order valence-electron chi connectivity index (χ2n) is 13.4. The lowest BCUT2D eigenvalue weighted by molar-refractivity contribution is -0.150. The van der Waals surface area contributed by atoms with Crippen molar-refractivity contribution in [2.45, 2.75) is 219 Å². The molecule has 0 rings (SSSR count). The zero-order valence-corrected chi connectivity index (χ0v) is 30.6. The quantitative estimate of drug-likeness (QED) is 0.0419. The predicted molar refractivity (Wildman–Crippen MR) is 199 cm³/mol. The van der Waals surface area contributed by atoms with Crippen LogP contribution in [0.15, 0.2) is 36.5 Å². The Morgan fingerprint density at radius 3 is 1.43 bits per heavy atom. The molecular weight excluding hydrogens is 568 g/mol. The molecule has 0 aromatic rings. The van der Waals surface area contributed by atoms with E-state index in [2.05, 4.69) is 50.3 Å². The summed E-state index contributed by atoms with van der Waals surface area (Å²) in [5, 5.41) is 8.95. The molecule has 0 fully saturated rings. The van der Waals surface area contributed by atoms with Gasteiger partial charge >= 0.3 is 11.9 Å². The molecule has 0 aliphatic heterocycles. The minimum Gasteiger partial charge on any atom is -0.481 e. The summed E-state index contributed by atoms with van der Waals surface area (Å²) in [5.74, 6) is -0.813. The van der Waals surface area contributed by atoms with Gasteiger partial charge in [-0.15, -0.1) is 0 Å². The van der Waals surface area contributed by atoms with Gasteiger partial charge in [0.2, 0.25) is 0 Å². The van der Waals surface area contributed by atoms with E-state index in [0.29, 0.717) is 12.8 Å². The lowest BCUT2D eigenvalue weighted by Crippen LogP contribution is -2.18. The molecule has 0 spiro atoms. The van der Waals surface area contributed by atoms with Crippen molar-refractivity contribution in [2.75, 3.05) is 0 Å². The van der Waals surface area contributed by atoms with E-state index < -0.39 is 5.97 Å². The number of allylic oxidation sites excluding steroid dienone is 6. The number of unbranched alkanes of at least 4 members (excludes halogenated alkanes) is 21. The summed E-state index contributed by atoms with van der Waals surface area (Å²) in [7, 11) is 0. The lowest BCUT2D eigenvalue weighted by atomic mass is 10.0. The number of rotatable bonds is 36. The van der Waals surface area contributed by atoms with Crippen molar-refractivity contribution >= 4 is 11.9 Å². The van der Waals surface area contributed by atoms with Crippen LogP contribution in [0.5, 0.6) is 0 Å². The third-order valence-corrected chi connectivity index (χ3v) is 8.88. The van der Waals surface area contributed by atoms with Crippen molar-refractivity contribution < 1.29 is 19.4 Å². The fourth-order valence-corrected chi connectivity index (χ4v) is 5.96. The maximum atomic E-state index is 12.6. The van der Waals surface area contributed by atoms with E-state index in [1.807, 2.05) is 0 Å². The first-order valence-electron chi connectivity index (χ1n) is 20.0. The first-order chi connectivity index (χ1) is 22.6. The standard InChI is InChI=1S/C42H76O4/c1-3-5-7-9-11-13-15-17-19-21-22-24-26-28-30-32-36-40(37-34-35-38-41(43)44)46-42(45)39-33-31-29-27-25-23-20-18-16-14-12-10-8-6-4-2/h6,8,12,14,18,20,40H,3-5,7,9-11,13,15-17,19,21-39H2,1-2H3,(H,43,44)/b8-6-,14-12-,20-18-. The highest BCUT2D eigenvalue weighted by Gasteiger charge is 2.14. The Bertz CT molecular complexity index is 738. The molecule has 0 radical (unpaired) electrons. The minimum absolute atomic E-state index is 0.0534. The van der Waals surface area contributed by atoms with E-state index in [9.17, 15) is 9.59 Å². The number of hydrogen-bond donors (Lipinski definition) is 1. The topological polar surface area (TPSA) is 63.6 Å². The van der Waals surface area contributed by atoms with Gasteiger partial charge in [0.25, 0.3) is 0 Å². The molecule has 46 heavy (non-hydrogen) atoms. The molecule has 0 saturated heterocycles. The average molecular weight is 645 g/mol. The number of carbonyl (C=O) groups is 2. The van der Waals surface area contributed by atoms with Gasteiger partial charge in [-0.3, -0.25) is 9.59 Å². The molecule has 268 valence electrons. The third-order valence-electron chi connectivity index (χ3n) is 8.88. The average Bonchev–Trinajstić information content (AvgIpc) is 3.04. The van der Waals surface area contributed by atoms with Gasteiger partial charge in [-0.1, -0.05) is 166 Å². The molecule has 0 aromatic heterocycles. The van der Waals surface area contributed by atoms with Crippen molar-refractivity contribution in [3.8, 4) is 0 Å². The van der Waals surface area contributed by atoms with Crippen LogP contribution in [0, 0.1) is 0 Å². The van der Waals surface area contributed by atoms with Crippen LogP contribution in [0.1, 0.15) is 213 Å². The van der Waals surface area contributed by atoms with Crippen LogP contribution in [0.2, 0.25) is 0 Å². The summed E-state index contributed by atoms with van der Waals surface area (Å²) in [6.07, 6.45) is 48.7. The SMILES string of the molecule is CC/C=C\C/C=C\C/C=C\CCCCCCCC(=O)OC(CCCCCCCCCCCCCCCCCC)CCCCC(=O)O. The predicted octanol–water partition coefficient (Wildman–Crippen LogP) is 13.8. The molecule has 0 aliphatic rings. The summed E-state index contributed by atoms with van der Waals surface area (Å²) >= 11 is 0. The molecule has 0 bridgehead atoms. The second kappa shape index (κ2) is 37.6. The zero-order chi connectivity index (χ0) is 33.6. The van der Waals surface area contributed by atoms with E-state index in [4.69, 9.17) is 9.84 Å². The largest absolute Gasteiger partial charge is 0.481 e. The molecule has 4 nitrogen and oxygen atoms in total. The normalized spacial score (nSPS) is 12.6. The maximum absolute atomic E-state index is 12.6. The molecule has 0 saturated carbocycles. The smallest absolute Gasteiger partial charge is 0.306 e. The molecule has 0 heterocycles. The van der Waals surface area contributed by atoms with Crippen LogP contribution in [0.25, 0.3) is 0 Å². The first kappa shape index (κ1) is 44.2. The van der Waals surface area contributed by atoms with Crippen LogP contribution >= 0.6 is 0 Å². The summed E-state index contributed by atoms with van der Waals surface area (Å²) < 4.78 is 5.90. The number of aliphatic carboxylic acids is 1. The maximum Gasteiger partial charge on any atom is 0.306 e. The van der Waals surface area contributed by atoms with E-state index in [1.54, 1.807) is 0 Å². The Labute approximate surface area is 286 Å². The van der Waals surface area contributed by atoms with Gasteiger partial charge < -0.3 is 9.84 Å². The molecule has 0 aromatic carbocycles. The van der Waals surface area contributed by atoms with Gasteiger partial charge in [-0.2, -0.15) is 0 Å². The Hall–Kier alpha value is -1.84. The highest BCUT2D eigenvalue weighted by atomic mass is 16.5. The van der Waals surface area contributed by atoms with Crippen LogP contribution in [-0.4, -0.2) is 23.1 Å². The van der Waals surface area contributed by atoms with Crippen molar-refractivity contribution in [1.82, 2.24) is 0 Å². The highest BCUT2D eigenvalue weighted by Crippen LogP contribution is 2.18. The summed E-state index contributed by atoms with van der Waals surface area (Å²) in [4.78, 5) is 23.5. The Morgan fingerprint density at radius 2 is 0.913 bits per heavy atom. The van der Waals surface area contributed by atoms with E-state index in [-0.39, 0.29) is 18.5 Å². The van der Waals surface area contributed by atoms with E-state index in [0.717, 1.165) is 64.2 Å². The number of esters is 1. The first-order valence-corrected chi connectivity index (χ1v) is 20.0. The van der Waals surface area contributed by atoms with E-state index >= 15 is 0 Å². The number of carboxylic acids is 1. The molecule has 1 atom stereocenters. The molecule has 0 aliphatic carbocycles. The Kier molecular flexibility index (Phi) is 36.1. The summed E-state index contributed by atoms with van der Waals surface area (Å²) in [6.45, 7) is 4.44. The van der Waals surface area contributed by atoms with Gasteiger partial charge in [0.1, 0.15) is 6.10 Å². The van der Waals surface area contributed by atoms with Crippen molar-refractivity contribution in [3.05, 3.63) is 36.5 Å². The fourth-order valence-electron chi connectivity index (χ4n) is 5.96. The molecular formula is C42H76O4. The molecule has 0 amide bonds. The van der Waals surface area contributed by atoms with Crippen molar-refractivity contribution in [2.24, 2.45) is 0 Å². The highest BCUT2D eigenvalue weighted by molar-refractivity contribution is 5.69. The van der Waals surface area contributed by atoms with Gasteiger partial charge in [-0.05, 0) is 70.6 Å². The number of hydrogen-bond acceptors (Lipinski definition) is 3. The summed E-state index contributed by atoms with van der Waals surface area (Å²) in [5.41, 5.74) is 0. The number of carboxylic acid groups (broad SMARTS) is 1. The second-order valence-corrected chi connectivity index (χ2v) is 13.4. The molecule has 1 N–H and O–H groups in total. The zero-order valence-electron chi connectivity index (χ0n) is 30.6. The van der Waals surface area contributed by atoms with E-state index in [1.165, 1.54) is 116 Å². The molecule has 1 unspecified atom stereocenters. The fraction of sp³-hybridized carbons (Fsp3) is 0.810. The van der Waals surface area contributed by atoms with Crippen LogP contribution in [-0.2, 0) is 14.3 Å². The van der Waals surface area contributed by atoms with Gasteiger partial charge in [0.05, 0.1) is 0 Å². The van der Waals surface area contributed by atoms with Crippen LogP contribution in [0.4, 0.5) is 0 Å². The van der Waals surface area contributed by atoms with Crippen LogP contribution < -0.4 is 0 Å².